The Labute approximate surface area is 174 Å². The lowest BCUT2D eigenvalue weighted by Gasteiger charge is -2.52. The van der Waals surface area contributed by atoms with Gasteiger partial charge in [0.2, 0.25) is 0 Å². The number of benzene rings is 1. The zero-order valence-corrected chi connectivity index (χ0v) is 18.4. The molecule has 0 radical (unpaired) electrons. The minimum atomic E-state index is -0.655. The van der Waals surface area contributed by atoms with Gasteiger partial charge in [-0.05, 0) is 83.3 Å². The van der Waals surface area contributed by atoms with Crippen LogP contribution < -0.4 is 9.47 Å². The normalized spacial score (nSPS) is 24.5. The number of aliphatic carboxylic acids is 1. The van der Waals surface area contributed by atoms with E-state index >= 15 is 0 Å². The van der Waals surface area contributed by atoms with E-state index in [1.807, 2.05) is 13.8 Å². The van der Waals surface area contributed by atoms with Crippen molar-refractivity contribution in [1.29, 1.82) is 0 Å². The van der Waals surface area contributed by atoms with Gasteiger partial charge in [-0.25, -0.2) is 0 Å². The average Bonchev–Trinajstić information content (AvgIpc) is 2.69. The van der Waals surface area contributed by atoms with E-state index in [2.05, 4.69) is 36.0 Å². The summed E-state index contributed by atoms with van der Waals surface area (Å²) in [6.45, 7) is 8.17. The second-order valence-corrected chi connectivity index (χ2v) is 8.51. The van der Waals surface area contributed by atoms with E-state index in [1.165, 1.54) is 11.1 Å². The summed E-state index contributed by atoms with van der Waals surface area (Å²) in [5.41, 5.74) is 2.54. The molecule has 0 saturated heterocycles. The van der Waals surface area contributed by atoms with Crippen molar-refractivity contribution >= 4 is 5.97 Å². The van der Waals surface area contributed by atoms with Crippen LogP contribution in [0.3, 0.4) is 0 Å². The van der Waals surface area contributed by atoms with Crippen molar-refractivity contribution in [2.75, 3.05) is 46.9 Å². The zero-order chi connectivity index (χ0) is 21.0. The topological polar surface area (TPSA) is 62.2 Å². The minimum absolute atomic E-state index is 0.105. The summed E-state index contributed by atoms with van der Waals surface area (Å²) >= 11 is 0. The molecule has 6 heteroatoms. The van der Waals surface area contributed by atoms with Gasteiger partial charge in [-0.2, -0.15) is 0 Å². The lowest BCUT2D eigenvalue weighted by Crippen LogP contribution is -2.54. The van der Waals surface area contributed by atoms with Crippen LogP contribution in [0.15, 0.2) is 12.1 Å². The molecule has 1 aliphatic carbocycles. The van der Waals surface area contributed by atoms with Crippen molar-refractivity contribution in [2.24, 2.45) is 5.92 Å². The monoisotopic (exact) mass is 404 g/mol. The highest BCUT2D eigenvalue weighted by molar-refractivity contribution is 5.70. The summed E-state index contributed by atoms with van der Waals surface area (Å²) in [5, 5.41) is 9.52. The first-order valence-corrected chi connectivity index (χ1v) is 11.0. The van der Waals surface area contributed by atoms with Gasteiger partial charge >= 0.3 is 5.97 Å². The summed E-state index contributed by atoms with van der Waals surface area (Å²) in [6, 6.07) is 4.35. The molecule has 2 aliphatic rings. The number of fused-ring (bicyclic) bond motifs is 2. The Morgan fingerprint density at radius 2 is 1.79 bits per heavy atom. The predicted molar refractivity (Wildman–Crippen MR) is 114 cm³/mol. The van der Waals surface area contributed by atoms with Gasteiger partial charge in [0.15, 0.2) is 11.5 Å². The molecule has 0 unspecified atom stereocenters. The molecule has 1 saturated carbocycles. The molecule has 1 N–H and O–H groups in total. The Kier molecular flexibility index (Phi) is 7.06. The molecule has 1 spiro atoms. The van der Waals surface area contributed by atoms with Crippen molar-refractivity contribution in [3.05, 3.63) is 23.3 Å². The number of rotatable bonds is 8. The number of hydrogen-bond acceptors (Lipinski definition) is 5. The number of carboxylic acids is 1. The molecule has 6 nitrogen and oxygen atoms in total. The molecule has 3 rings (SSSR count). The fourth-order valence-corrected chi connectivity index (χ4v) is 4.99. The number of carboxylic acid groups (broad SMARTS) is 1. The molecule has 0 atom stereocenters. The first-order chi connectivity index (χ1) is 13.9. The van der Waals surface area contributed by atoms with Crippen LogP contribution in [0.25, 0.3) is 0 Å². The highest BCUT2D eigenvalue weighted by Crippen LogP contribution is 2.50. The number of ether oxygens (including phenoxy) is 2. The van der Waals surface area contributed by atoms with Gasteiger partial charge < -0.3 is 19.5 Å². The van der Waals surface area contributed by atoms with Gasteiger partial charge in [-0.1, -0.05) is 0 Å². The van der Waals surface area contributed by atoms with E-state index in [-0.39, 0.29) is 11.5 Å². The van der Waals surface area contributed by atoms with E-state index in [0.717, 1.165) is 63.2 Å². The predicted octanol–water partition coefficient (Wildman–Crippen LogP) is 3.37. The van der Waals surface area contributed by atoms with E-state index in [0.29, 0.717) is 13.2 Å². The minimum Gasteiger partial charge on any atom is -0.490 e. The summed E-state index contributed by atoms with van der Waals surface area (Å²) in [5.74, 6) is 0.750. The second-order valence-electron chi connectivity index (χ2n) is 8.51. The highest BCUT2D eigenvalue weighted by Gasteiger charge is 2.46. The van der Waals surface area contributed by atoms with Gasteiger partial charge in [0.05, 0.1) is 19.1 Å². The lowest BCUT2D eigenvalue weighted by molar-refractivity contribution is -0.144. The Morgan fingerprint density at radius 1 is 1.17 bits per heavy atom. The lowest BCUT2D eigenvalue weighted by atomic mass is 9.68. The Bertz CT molecular complexity index is 711. The number of hydrogen-bond donors (Lipinski definition) is 1. The van der Waals surface area contributed by atoms with E-state index in [1.54, 1.807) is 0 Å². The maximum absolute atomic E-state index is 11.6. The SMILES string of the molecule is CCOc1cc2c(cc1OCC)C1(CCC(C(=O)O)CC1)N(CCN(C)C)CC2. The molecular formula is C23H36N2O4. The third-order valence-electron chi connectivity index (χ3n) is 6.51. The summed E-state index contributed by atoms with van der Waals surface area (Å²) in [6.07, 6.45) is 4.20. The van der Waals surface area contributed by atoms with Crippen LogP contribution in [-0.2, 0) is 16.8 Å². The smallest absolute Gasteiger partial charge is 0.306 e. The molecular weight excluding hydrogens is 368 g/mol. The maximum Gasteiger partial charge on any atom is 0.306 e. The standard InChI is InChI=1S/C23H36N2O4/c1-5-28-20-15-18-9-12-25(14-13-24(3)4)23(19(18)16-21(20)29-6-2)10-7-17(8-11-23)22(26)27/h15-17H,5-14H2,1-4H3,(H,26,27). The molecule has 1 aliphatic heterocycles. The highest BCUT2D eigenvalue weighted by atomic mass is 16.5. The molecule has 1 aromatic rings. The molecule has 0 aromatic heterocycles. The molecule has 0 bridgehead atoms. The van der Waals surface area contributed by atoms with E-state index in [9.17, 15) is 9.90 Å². The Hall–Kier alpha value is -1.79. The molecule has 1 aromatic carbocycles. The summed E-state index contributed by atoms with van der Waals surface area (Å²) in [7, 11) is 4.21. The Morgan fingerprint density at radius 3 is 2.34 bits per heavy atom. The van der Waals surface area contributed by atoms with Crippen molar-refractivity contribution < 1.29 is 19.4 Å². The van der Waals surface area contributed by atoms with Crippen LogP contribution in [0, 0.1) is 5.92 Å². The van der Waals surface area contributed by atoms with E-state index in [4.69, 9.17) is 9.47 Å². The van der Waals surface area contributed by atoms with Crippen LogP contribution in [0.2, 0.25) is 0 Å². The van der Waals surface area contributed by atoms with Crippen LogP contribution >= 0.6 is 0 Å². The van der Waals surface area contributed by atoms with Crippen molar-refractivity contribution in [2.45, 2.75) is 51.5 Å². The van der Waals surface area contributed by atoms with Gasteiger partial charge in [-0.3, -0.25) is 9.69 Å². The van der Waals surface area contributed by atoms with Gasteiger partial charge in [0.1, 0.15) is 0 Å². The molecule has 0 amide bonds. The fraction of sp³-hybridized carbons (Fsp3) is 0.696. The van der Waals surface area contributed by atoms with Crippen LogP contribution in [-0.4, -0.2) is 67.8 Å². The van der Waals surface area contributed by atoms with Crippen molar-refractivity contribution in [3.8, 4) is 11.5 Å². The third kappa shape index (κ3) is 4.53. The van der Waals surface area contributed by atoms with Crippen LogP contribution in [0.4, 0.5) is 0 Å². The number of carbonyl (C=O) groups is 1. The van der Waals surface area contributed by atoms with Crippen molar-refractivity contribution in [1.82, 2.24) is 9.80 Å². The van der Waals surface area contributed by atoms with Crippen LogP contribution in [0.5, 0.6) is 11.5 Å². The van der Waals surface area contributed by atoms with Crippen LogP contribution in [0.1, 0.15) is 50.7 Å². The van der Waals surface area contributed by atoms with Gasteiger partial charge in [-0.15, -0.1) is 0 Å². The van der Waals surface area contributed by atoms with Crippen molar-refractivity contribution in [3.63, 3.8) is 0 Å². The molecule has 162 valence electrons. The average molecular weight is 405 g/mol. The number of likely N-dealkylation sites (N-methyl/N-ethyl adjacent to an activating group) is 1. The first-order valence-electron chi connectivity index (χ1n) is 11.0. The van der Waals surface area contributed by atoms with Gasteiger partial charge in [0.25, 0.3) is 0 Å². The molecule has 1 fully saturated rings. The fourth-order valence-electron chi connectivity index (χ4n) is 4.99. The number of nitrogens with zero attached hydrogens (tertiary/aromatic N) is 2. The zero-order valence-electron chi connectivity index (χ0n) is 18.4. The quantitative estimate of drug-likeness (QED) is 0.717. The largest absolute Gasteiger partial charge is 0.490 e. The summed E-state index contributed by atoms with van der Waals surface area (Å²) < 4.78 is 11.8. The van der Waals surface area contributed by atoms with E-state index < -0.39 is 5.97 Å². The summed E-state index contributed by atoms with van der Waals surface area (Å²) in [4.78, 5) is 16.4. The molecule has 1 heterocycles. The first kappa shape index (κ1) is 21.9. The Balaban J connectivity index is 2.01. The van der Waals surface area contributed by atoms with Gasteiger partial charge in [0, 0.05) is 25.2 Å². The third-order valence-corrected chi connectivity index (χ3v) is 6.51. The second kappa shape index (κ2) is 9.35. The maximum atomic E-state index is 11.6. The molecule has 29 heavy (non-hydrogen) atoms.